The number of aliphatic hydroxyl groups excluding tert-OH is 1. The average molecular weight is 252 g/mol. The number of hydrogen-bond acceptors (Lipinski definition) is 4. The summed E-state index contributed by atoms with van der Waals surface area (Å²) in [6.07, 6.45) is 0.683. The Morgan fingerprint density at radius 3 is 2.72 bits per heavy atom. The van der Waals surface area contributed by atoms with Crippen molar-refractivity contribution in [3.8, 4) is 0 Å². The van der Waals surface area contributed by atoms with Gasteiger partial charge in [0.05, 0.1) is 26.2 Å². The van der Waals surface area contributed by atoms with Gasteiger partial charge in [-0.25, -0.2) is 0 Å². The number of hydrogen-bond donors (Lipinski definition) is 1. The summed E-state index contributed by atoms with van der Waals surface area (Å²) in [6.45, 7) is 1.15. The van der Waals surface area contributed by atoms with Gasteiger partial charge in [-0.15, -0.1) is 0 Å². The highest BCUT2D eigenvalue weighted by Crippen LogP contribution is 2.05. The van der Waals surface area contributed by atoms with Crippen molar-refractivity contribution in [1.82, 2.24) is 0 Å². The highest BCUT2D eigenvalue weighted by Gasteiger charge is 2.10. The van der Waals surface area contributed by atoms with Crippen LogP contribution in [0.3, 0.4) is 0 Å². The summed E-state index contributed by atoms with van der Waals surface area (Å²) in [5.74, 6) is -0.382. The van der Waals surface area contributed by atoms with Crippen molar-refractivity contribution in [2.45, 2.75) is 32.0 Å². The van der Waals surface area contributed by atoms with E-state index in [0.717, 1.165) is 12.0 Å². The first-order valence-corrected chi connectivity index (χ1v) is 6.09. The summed E-state index contributed by atoms with van der Waals surface area (Å²) in [4.78, 5) is 10.9. The maximum atomic E-state index is 10.9. The van der Waals surface area contributed by atoms with Crippen LogP contribution in [0.5, 0.6) is 0 Å². The van der Waals surface area contributed by atoms with Crippen LogP contribution in [0.2, 0.25) is 0 Å². The molecule has 0 heterocycles. The molecule has 100 valence electrons. The smallest absolute Gasteiger partial charge is 0.308 e. The van der Waals surface area contributed by atoms with Crippen LogP contribution in [0.1, 0.15) is 24.8 Å². The van der Waals surface area contributed by atoms with Crippen LogP contribution in [0, 0.1) is 0 Å². The Balaban J connectivity index is 2.03. The minimum absolute atomic E-state index is 0.0508. The van der Waals surface area contributed by atoms with Gasteiger partial charge in [0.2, 0.25) is 0 Å². The summed E-state index contributed by atoms with van der Waals surface area (Å²) in [5.41, 5.74) is 1.13. The third-order valence-corrected chi connectivity index (χ3v) is 2.57. The third-order valence-electron chi connectivity index (χ3n) is 2.57. The number of esters is 1. The second-order valence-corrected chi connectivity index (χ2v) is 4.11. The highest BCUT2D eigenvalue weighted by atomic mass is 16.5. The number of aliphatic hydroxyl groups is 1. The normalized spacial score (nSPS) is 12.1. The van der Waals surface area contributed by atoms with Crippen molar-refractivity contribution in [2.75, 3.05) is 13.7 Å². The Morgan fingerprint density at radius 1 is 1.33 bits per heavy atom. The number of methoxy groups -OCH3 is 1. The fourth-order valence-electron chi connectivity index (χ4n) is 1.56. The van der Waals surface area contributed by atoms with Crippen molar-refractivity contribution < 1.29 is 19.4 Å². The van der Waals surface area contributed by atoms with Gasteiger partial charge in [0.1, 0.15) is 0 Å². The predicted octanol–water partition coefficient (Wildman–Crippen LogP) is 1.91. The van der Waals surface area contributed by atoms with Gasteiger partial charge >= 0.3 is 5.97 Å². The van der Waals surface area contributed by atoms with Crippen LogP contribution in [-0.4, -0.2) is 30.9 Å². The van der Waals surface area contributed by atoms with Crippen molar-refractivity contribution in [3.63, 3.8) is 0 Å². The first-order chi connectivity index (χ1) is 8.72. The molecule has 1 rings (SSSR count). The Hall–Kier alpha value is -1.39. The molecule has 4 heteroatoms. The maximum Gasteiger partial charge on any atom is 0.308 e. The standard InChI is InChI=1S/C14H20O4/c1-17-14(16)10-13(15)8-5-9-18-11-12-6-3-2-4-7-12/h2-4,6-7,13,15H,5,8-11H2,1H3/t13-/m0/s1. The third kappa shape index (κ3) is 6.37. The quantitative estimate of drug-likeness (QED) is 0.567. The van der Waals surface area contributed by atoms with Crippen molar-refractivity contribution in [1.29, 1.82) is 0 Å². The van der Waals surface area contributed by atoms with Gasteiger partial charge < -0.3 is 14.6 Å². The summed E-state index contributed by atoms with van der Waals surface area (Å²) < 4.78 is 9.95. The van der Waals surface area contributed by atoms with E-state index in [0.29, 0.717) is 19.6 Å². The number of rotatable bonds is 8. The molecule has 0 amide bonds. The zero-order valence-corrected chi connectivity index (χ0v) is 10.7. The summed E-state index contributed by atoms with van der Waals surface area (Å²) in [6, 6.07) is 9.92. The molecule has 0 saturated heterocycles. The minimum Gasteiger partial charge on any atom is -0.469 e. The van der Waals surface area contributed by atoms with Gasteiger partial charge in [-0.2, -0.15) is 0 Å². The number of ether oxygens (including phenoxy) is 2. The molecule has 0 spiro atoms. The first-order valence-electron chi connectivity index (χ1n) is 6.09. The molecule has 0 aliphatic rings. The molecule has 0 aliphatic carbocycles. The lowest BCUT2D eigenvalue weighted by atomic mass is 10.1. The molecule has 0 aromatic heterocycles. The van der Waals surface area contributed by atoms with E-state index in [4.69, 9.17) is 4.74 Å². The maximum absolute atomic E-state index is 10.9. The molecule has 1 atom stereocenters. The van der Waals surface area contributed by atoms with Crippen LogP contribution >= 0.6 is 0 Å². The molecule has 0 fully saturated rings. The minimum atomic E-state index is -0.641. The number of carbonyl (C=O) groups is 1. The number of carbonyl (C=O) groups excluding carboxylic acids is 1. The molecular formula is C14H20O4. The van der Waals surface area contributed by atoms with Gasteiger partial charge in [-0.3, -0.25) is 4.79 Å². The van der Waals surface area contributed by atoms with Crippen molar-refractivity contribution in [2.24, 2.45) is 0 Å². The molecule has 4 nitrogen and oxygen atoms in total. The van der Waals surface area contributed by atoms with E-state index >= 15 is 0 Å². The zero-order valence-electron chi connectivity index (χ0n) is 10.7. The fraction of sp³-hybridized carbons (Fsp3) is 0.500. The second-order valence-electron chi connectivity index (χ2n) is 4.11. The van der Waals surface area contributed by atoms with Gasteiger partial charge in [-0.1, -0.05) is 30.3 Å². The SMILES string of the molecule is COC(=O)C[C@@H](O)CCCOCc1ccccc1. The number of benzene rings is 1. The molecule has 0 aliphatic heterocycles. The van der Waals surface area contributed by atoms with Gasteiger partial charge in [-0.05, 0) is 18.4 Å². The molecule has 0 saturated carbocycles. The molecule has 1 N–H and O–H groups in total. The van der Waals surface area contributed by atoms with E-state index in [1.165, 1.54) is 7.11 Å². The topological polar surface area (TPSA) is 55.8 Å². The lowest BCUT2D eigenvalue weighted by Gasteiger charge is -2.09. The average Bonchev–Trinajstić information content (AvgIpc) is 2.39. The molecule has 1 aromatic carbocycles. The lowest BCUT2D eigenvalue weighted by molar-refractivity contribution is -0.142. The van der Waals surface area contributed by atoms with Crippen molar-refractivity contribution in [3.05, 3.63) is 35.9 Å². The van der Waals surface area contributed by atoms with Crippen LogP contribution < -0.4 is 0 Å². The lowest BCUT2D eigenvalue weighted by Crippen LogP contribution is -2.15. The van der Waals surface area contributed by atoms with Gasteiger partial charge in [0.25, 0.3) is 0 Å². The van der Waals surface area contributed by atoms with Gasteiger partial charge in [0.15, 0.2) is 0 Å². The Kier molecular flexibility index (Phi) is 7.06. The van der Waals surface area contributed by atoms with Crippen LogP contribution in [0.4, 0.5) is 0 Å². The van der Waals surface area contributed by atoms with E-state index in [-0.39, 0.29) is 12.4 Å². The molecule has 0 unspecified atom stereocenters. The summed E-state index contributed by atoms with van der Waals surface area (Å²) >= 11 is 0. The molecular weight excluding hydrogens is 232 g/mol. The zero-order chi connectivity index (χ0) is 13.2. The largest absolute Gasteiger partial charge is 0.469 e. The molecule has 18 heavy (non-hydrogen) atoms. The summed E-state index contributed by atoms with van der Waals surface area (Å²) in [5, 5.41) is 9.51. The van der Waals surface area contributed by atoms with Crippen LogP contribution in [0.25, 0.3) is 0 Å². The molecule has 0 radical (unpaired) electrons. The Bertz CT molecular complexity index is 337. The van der Waals surface area contributed by atoms with E-state index in [1.807, 2.05) is 30.3 Å². The highest BCUT2D eigenvalue weighted by molar-refractivity contribution is 5.69. The Morgan fingerprint density at radius 2 is 2.06 bits per heavy atom. The van der Waals surface area contributed by atoms with Gasteiger partial charge in [0, 0.05) is 6.61 Å². The Labute approximate surface area is 108 Å². The first kappa shape index (κ1) is 14.7. The second kappa shape index (κ2) is 8.66. The van der Waals surface area contributed by atoms with E-state index in [9.17, 15) is 9.90 Å². The van der Waals surface area contributed by atoms with E-state index in [1.54, 1.807) is 0 Å². The summed E-state index contributed by atoms with van der Waals surface area (Å²) in [7, 11) is 1.32. The van der Waals surface area contributed by atoms with E-state index < -0.39 is 6.10 Å². The molecule has 1 aromatic rings. The van der Waals surface area contributed by atoms with Crippen LogP contribution in [0.15, 0.2) is 30.3 Å². The van der Waals surface area contributed by atoms with E-state index in [2.05, 4.69) is 4.74 Å². The molecule has 0 bridgehead atoms. The predicted molar refractivity (Wildman–Crippen MR) is 68.0 cm³/mol. The fourth-order valence-corrected chi connectivity index (χ4v) is 1.56. The monoisotopic (exact) mass is 252 g/mol. The van der Waals surface area contributed by atoms with Crippen molar-refractivity contribution >= 4 is 5.97 Å². The van der Waals surface area contributed by atoms with Crippen LogP contribution in [-0.2, 0) is 20.9 Å².